The first-order valence-corrected chi connectivity index (χ1v) is 50.1. The van der Waals surface area contributed by atoms with Crippen LogP contribution in [-0.4, -0.2) is 227 Å². The number of nitrogens with zero attached hydrogens (tertiary/aromatic N) is 3. The maximum Gasteiger partial charge on any atom is 0.472 e. The standard InChI is InChI=1S/C88H95Cl6N8O35P3/c1-47-42-101(87(115)99-82(47)95)70-40-63(106)67(135-70)45-132-139(119,120)130-32-28-124-23-22-123-26-30-127-66-41-71(102-43-49(84(111)100-88(102)116)11-17-69(107)96-18-6-2-3-7-19-97-83(110)48-10-14-52(56(34-48)86(113)114)72-53-15-12-50(104)35-64(53)134-65-36-51(105)13-16-54(65)72)136-68(66)46-133-140(121,122)131-33-29-126-25-24-125-27-31-129-138(117,118)128-21-9-5-4-8-20-98-85(112)74-60(89)37-55(59(44-103)75(74)92)73-57-38-61(90)78(108)76(93)80(57)137-81-58(73)39-62(91)79(109)77(81)94/h10-17,34-39,42-44,63,66-68,70-71,104,106,108H,2-9,18-33,40-41,45-46H2,1H3,(H,96,107)(H,97,110)(H,98,112)(H,113,114)(H,117,118)(H,119,120)(H,121,122)(H2,95,99,115)(H,100,111,116)/b17-11+/t63?,66?,67?,68-,70?,71-/m1/s1. The topological polar surface area (TPSA) is 610 Å². The number of ether oxygens (including phenoxy) is 7. The highest BCUT2D eigenvalue weighted by atomic mass is 35.5. The quantitative estimate of drug-likeness (QED) is 0.00554. The number of carboxylic acid groups (broad SMARTS) is 1. The zero-order chi connectivity index (χ0) is 101. The summed E-state index contributed by atoms with van der Waals surface area (Å²) in [5.41, 5.74) is 3.19. The van der Waals surface area contributed by atoms with Gasteiger partial charge in [-0.25, -0.2) is 28.1 Å². The van der Waals surface area contributed by atoms with Crippen molar-refractivity contribution in [2.75, 3.05) is 124 Å². The average molecular weight is 2130 g/mol. The number of aromatic amines is 1. The molecule has 52 heteroatoms. The molecule has 2 fully saturated rings. The number of aliphatic hydroxyl groups is 1. The number of phosphoric acid groups is 3. The second-order valence-electron chi connectivity index (χ2n) is 31.5. The normalized spacial score (nSPS) is 17.4. The molecule has 2 saturated heterocycles. The van der Waals surface area contributed by atoms with Crippen molar-refractivity contribution in [1.82, 2.24) is 35.1 Å². The highest BCUT2D eigenvalue weighted by molar-refractivity contribution is 7.47. The molecule has 6 aliphatic rings. The minimum Gasteiger partial charge on any atom is -0.508 e. The van der Waals surface area contributed by atoms with Crippen molar-refractivity contribution in [1.29, 1.82) is 0 Å². The number of halogens is 6. The first-order chi connectivity index (χ1) is 66.8. The largest absolute Gasteiger partial charge is 0.508 e. The molecule has 2 aliphatic carbocycles. The van der Waals surface area contributed by atoms with Gasteiger partial charge >= 0.3 is 40.8 Å². The number of aryl methyl sites for hydroxylation is 1. The molecule has 4 aliphatic heterocycles. The van der Waals surface area contributed by atoms with Gasteiger partial charge in [-0.1, -0.05) is 101 Å². The number of phenols is 2. The molecule has 754 valence electrons. The van der Waals surface area contributed by atoms with Crippen molar-refractivity contribution in [3.8, 4) is 56.4 Å². The van der Waals surface area contributed by atoms with Gasteiger partial charge < -0.3 is 98.8 Å². The number of aliphatic hydroxyl groups excluding tert-OH is 1. The van der Waals surface area contributed by atoms with Crippen LogP contribution in [0.1, 0.15) is 129 Å². The number of phenolic OH excluding ortho intramolecular Hbond substituents is 2. The van der Waals surface area contributed by atoms with E-state index in [1.165, 1.54) is 79.0 Å². The number of benzene rings is 6. The Labute approximate surface area is 824 Å². The lowest BCUT2D eigenvalue weighted by Crippen LogP contribution is -2.33. The predicted molar refractivity (Wildman–Crippen MR) is 509 cm³/mol. The smallest absolute Gasteiger partial charge is 0.472 e. The van der Waals surface area contributed by atoms with Gasteiger partial charge in [0.15, 0.2) is 28.8 Å². The lowest BCUT2D eigenvalue weighted by atomic mass is 9.90. The molecule has 7 unspecified atom stereocenters. The van der Waals surface area contributed by atoms with Crippen LogP contribution in [0.3, 0.4) is 0 Å². The molecular formula is C88H95Cl6N8O35P3. The minimum absolute atomic E-state index is 0.0232. The van der Waals surface area contributed by atoms with Crippen molar-refractivity contribution in [2.24, 2.45) is 0 Å². The molecule has 12 rings (SSSR count). The predicted octanol–water partition coefficient (Wildman–Crippen LogP) is 12.2. The Morgan fingerprint density at radius 3 is 1.80 bits per heavy atom. The molecule has 0 radical (unpaired) electrons. The number of amides is 3. The lowest BCUT2D eigenvalue weighted by Gasteiger charge is -2.20. The van der Waals surface area contributed by atoms with Gasteiger partial charge in [0.1, 0.15) is 57.6 Å². The number of hydrogen-bond donors (Lipinski definition) is 12. The van der Waals surface area contributed by atoms with Crippen LogP contribution in [0.15, 0.2) is 124 Å². The van der Waals surface area contributed by atoms with E-state index < -0.39 is 144 Å². The van der Waals surface area contributed by atoms with Crippen LogP contribution >= 0.6 is 93.1 Å². The molecule has 6 heterocycles. The number of phosphoric ester groups is 3. The minimum atomic E-state index is -4.88. The highest BCUT2D eigenvalue weighted by Gasteiger charge is 2.42. The molecule has 4 aromatic carbocycles. The van der Waals surface area contributed by atoms with E-state index >= 15 is 0 Å². The van der Waals surface area contributed by atoms with Gasteiger partial charge in [-0.3, -0.25) is 74.8 Å². The molecule has 3 amide bonds. The van der Waals surface area contributed by atoms with Gasteiger partial charge in [0.05, 0.1) is 148 Å². The summed E-state index contributed by atoms with van der Waals surface area (Å²) in [5.74, 6) is -3.85. The van der Waals surface area contributed by atoms with E-state index in [0.29, 0.717) is 79.7 Å². The molecule has 13 N–H and O–H groups in total. The van der Waals surface area contributed by atoms with Crippen LogP contribution in [0.25, 0.3) is 72.9 Å². The van der Waals surface area contributed by atoms with E-state index in [1.807, 2.05) is 0 Å². The van der Waals surface area contributed by atoms with Crippen LogP contribution in [-0.2, 0) is 78.8 Å². The third-order valence-electron chi connectivity index (χ3n) is 21.8. The Morgan fingerprint density at radius 1 is 0.579 bits per heavy atom. The van der Waals surface area contributed by atoms with Crippen LogP contribution in [0.5, 0.6) is 11.5 Å². The number of carboxylic acids is 1. The number of fused-ring (bicyclic) bond motifs is 4. The van der Waals surface area contributed by atoms with Crippen LogP contribution < -0.4 is 49.5 Å². The number of aromatic hydroxyl groups is 2. The van der Waals surface area contributed by atoms with E-state index in [4.69, 9.17) is 144 Å². The molecule has 0 spiro atoms. The SMILES string of the molecule is Cc1cn(C2CC(O)C(COP(=O)(O)OCCOCCOCCOC3C[C@H](n4cc(/C=C/C(=O)NCCCCCCNC(=O)c5ccc(-c6c7ccc(=O)cc-7oc7cc(O)ccc67)c(C(=O)O)c5)c(=O)[nH]c4=O)O[C@@H]3COP(=O)(O)OCCOCCOCCOP(=O)(O)OCCCCCCNC(=O)c3c(Cl)cc(-c4c5cc(Cl)c(=O)c(Cl)c-5oc5c(Cl)c(O)c(Cl)cc45)c(C=O)c3Cl)O2)c(=O)nc1N. The third kappa shape index (κ3) is 28.9. The highest BCUT2D eigenvalue weighted by Crippen LogP contribution is 2.53. The number of anilines is 1. The summed E-state index contributed by atoms with van der Waals surface area (Å²) in [6.45, 7) is -1.50. The number of aldehydes is 1. The summed E-state index contributed by atoms with van der Waals surface area (Å²) in [4.78, 5) is 167. The third-order valence-corrected chi connectivity index (χ3v) is 26.7. The summed E-state index contributed by atoms with van der Waals surface area (Å²) in [5, 5.41) is 48.6. The van der Waals surface area contributed by atoms with E-state index in [0.717, 1.165) is 21.4 Å². The van der Waals surface area contributed by atoms with Gasteiger partial charge in [-0.05, 0) is 104 Å². The first-order valence-electron chi connectivity index (χ1n) is 43.3. The maximum atomic E-state index is 13.6. The fourth-order valence-electron chi connectivity index (χ4n) is 14.9. The van der Waals surface area contributed by atoms with Crippen LogP contribution in [0, 0.1) is 6.92 Å². The second-order valence-corrected chi connectivity index (χ2v) is 38.2. The van der Waals surface area contributed by atoms with E-state index in [-0.39, 0.29) is 225 Å². The summed E-state index contributed by atoms with van der Waals surface area (Å²) in [7, 11) is -14.1. The van der Waals surface area contributed by atoms with E-state index in [1.54, 1.807) is 13.0 Å². The molecular weight excluding hydrogens is 2030 g/mol. The molecule has 43 nitrogen and oxygen atoms in total. The zero-order valence-corrected chi connectivity index (χ0v) is 81.4. The first kappa shape index (κ1) is 109. The summed E-state index contributed by atoms with van der Waals surface area (Å²) >= 11 is 38.9. The summed E-state index contributed by atoms with van der Waals surface area (Å²) in [6.07, 6.45) is 2.41. The number of rotatable bonds is 53. The number of carbonyl (C=O) groups excluding carboxylic acids is 4. The van der Waals surface area contributed by atoms with Gasteiger partial charge in [-0.2, -0.15) is 4.98 Å². The molecule has 2 aromatic heterocycles. The van der Waals surface area contributed by atoms with Crippen LogP contribution in [0.2, 0.25) is 30.1 Å². The summed E-state index contributed by atoms with van der Waals surface area (Å²) in [6, 6.07) is 16.5. The number of unbranched alkanes of at least 4 members (excludes halogenated alkanes) is 6. The number of H-pyrrole nitrogens is 1. The average Bonchev–Trinajstić information content (AvgIpc) is 0.983. The summed E-state index contributed by atoms with van der Waals surface area (Å²) < 4.78 is 123. The molecule has 0 bridgehead atoms. The Bertz CT molecular complexity index is 6640. The number of hydrogen-bond acceptors (Lipinski definition) is 33. The monoisotopic (exact) mass is 2130 g/mol. The van der Waals surface area contributed by atoms with Crippen molar-refractivity contribution >= 4 is 157 Å². The Balaban J connectivity index is 0.546. The molecule has 9 atom stereocenters. The number of nitrogens with two attached hydrogens (primary N) is 1. The zero-order valence-electron chi connectivity index (χ0n) is 74.2. The van der Waals surface area contributed by atoms with Gasteiger partial charge in [0, 0.05) is 113 Å². The number of nitrogen functional groups attached to an aromatic ring is 1. The van der Waals surface area contributed by atoms with E-state index in [2.05, 4.69) is 25.9 Å². The molecule has 0 saturated carbocycles. The number of aromatic carboxylic acids is 1. The maximum absolute atomic E-state index is 13.6. The number of nitrogens with one attached hydrogen (secondary N) is 4. The van der Waals surface area contributed by atoms with Crippen molar-refractivity contribution < 1.29 is 142 Å². The van der Waals surface area contributed by atoms with E-state index in [9.17, 15) is 96.7 Å². The molecule has 6 aromatic rings. The fourth-order valence-corrected chi connectivity index (χ4v) is 18.7. The fraction of sp³-hybridized carbons (Fsp3) is 0.398. The van der Waals surface area contributed by atoms with Crippen molar-refractivity contribution in [3.63, 3.8) is 0 Å². The second kappa shape index (κ2) is 50.5. The number of carbonyl (C=O) groups is 5. The van der Waals surface area contributed by atoms with Crippen molar-refractivity contribution in [3.05, 3.63) is 207 Å². The Hall–Kier alpha value is -9.74. The van der Waals surface area contributed by atoms with Gasteiger partial charge in [-0.15, -0.1) is 0 Å². The lowest BCUT2D eigenvalue weighted by molar-refractivity contribution is -0.116. The molecule has 140 heavy (non-hydrogen) atoms. The van der Waals surface area contributed by atoms with Gasteiger partial charge in [0.25, 0.3) is 17.4 Å². The van der Waals surface area contributed by atoms with Crippen molar-refractivity contribution in [2.45, 2.75) is 108 Å². The van der Waals surface area contributed by atoms with Gasteiger partial charge in [0.2, 0.25) is 11.3 Å². The number of aromatic nitrogens is 4. The van der Waals surface area contributed by atoms with Crippen LogP contribution in [0.4, 0.5) is 5.82 Å². The Kier molecular flexibility index (Phi) is 39.3. The Morgan fingerprint density at radius 2 is 1.15 bits per heavy atom.